The van der Waals surface area contributed by atoms with Crippen LogP contribution < -0.4 is 0 Å². The number of carbonyl (C=O) groups is 1. The summed E-state index contributed by atoms with van der Waals surface area (Å²) < 4.78 is 16.2. The fraction of sp³-hybridized carbons (Fsp3) is 0.929. The zero-order valence-electron chi connectivity index (χ0n) is 12.2. The molecule has 1 heterocycles. The minimum atomic E-state index is -0.162. The summed E-state index contributed by atoms with van der Waals surface area (Å²) in [5, 5.41) is 0. The first kappa shape index (κ1) is 16.4. The van der Waals surface area contributed by atoms with Gasteiger partial charge in [-0.2, -0.15) is 0 Å². The van der Waals surface area contributed by atoms with Gasteiger partial charge >= 0.3 is 5.97 Å². The third-order valence-electron chi connectivity index (χ3n) is 3.05. The zero-order chi connectivity index (χ0) is 13.9. The van der Waals surface area contributed by atoms with Crippen molar-refractivity contribution in [3.05, 3.63) is 0 Å². The van der Waals surface area contributed by atoms with Crippen LogP contribution in [0.5, 0.6) is 0 Å². The van der Waals surface area contributed by atoms with Crippen LogP contribution in [0.4, 0.5) is 0 Å². The van der Waals surface area contributed by atoms with E-state index in [2.05, 4.69) is 11.8 Å². The number of hydrogen-bond acceptors (Lipinski definition) is 5. The van der Waals surface area contributed by atoms with Gasteiger partial charge in [0.15, 0.2) is 6.29 Å². The summed E-state index contributed by atoms with van der Waals surface area (Å²) in [5.41, 5.74) is 0. The van der Waals surface area contributed by atoms with E-state index in [1.165, 1.54) is 6.42 Å². The molecule has 112 valence electrons. The van der Waals surface area contributed by atoms with Gasteiger partial charge in [0.25, 0.3) is 0 Å². The van der Waals surface area contributed by atoms with E-state index in [1.54, 1.807) is 0 Å². The molecule has 0 aromatic heterocycles. The Kier molecular flexibility index (Phi) is 8.79. The fourth-order valence-electron chi connectivity index (χ4n) is 2.13. The van der Waals surface area contributed by atoms with Crippen molar-refractivity contribution in [3.8, 4) is 0 Å². The Labute approximate surface area is 116 Å². The lowest BCUT2D eigenvalue weighted by Gasteiger charge is -2.25. The van der Waals surface area contributed by atoms with Crippen LogP contribution >= 0.6 is 0 Å². The molecule has 5 nitrogen and oxygen atoms in total. The molecule has 0 amide bonds. The van der Waals surface area contributed by atoms with Crippen LogP contribution in [-0.2, 0) is 19.0 Å². The molecule has 0 N–H and O–H groups in total. The van der Waals surface area contributed by atoms with Gasteiger partial charge in [-0.1, -0.05) is 6.92 Å². The Hall–Kier alpha value is -0.650. The van der Waals surface area contributed by atoms with E-state index < -0.39 is 0 Å². The average molecular weight is 273 g/mol. The molecule has 1 aliphatic rings. The molecule has 1 aliphatic heterocycles. The van der Waals surface area contributed by atoms with Gasteiger partial charge < -0.3 is 14.2 Å². The van der Waals surface area contributed by atoms with E-state index >= 15 is 0 Å². The van der Waals surface area contributed by atoms with E-state index in [1.807, 2.05) is 6.92 Å². The van der Waals surface area contributed by atoms with Gasteiger partial charge in [0.1, 0.15) is 0 Å². The van der Waals surface area contributed by atoms with Gasteiger partial charge in [0, 0.05) is 13.2 Å². The third kappa shape index (κ3) is 7.50. The maximum atomic E-state index is 11.5. The first-order valence-corrected chi connectivity index (χ1v) is 7.37. The van der Waals surface area contributed by atoms with Crippen molar-refractivity contribution >= 4 is 5.97 Å². The molecule has 1 rings (SSSR count). The van der Waals surface area contributed by atoms with Gasteiger partial charge in [0.05, 0.1) is 19.8 Å². The van der Waals surface area contributed by atoms with Crippen molar-refractivity contribution in [2.75, 3.05) is 39.5 Å². The summed E-state index contributed by atoms with van der Waals surface area (Å²) in [6.45, 7) is 7.73. The highest BCUT2D eigenvalue weighted by Crippen LogP contribution is 2.13. The van der Waals surface area contributed by atoms with Crippen LogP contribution in [0.25, 0.3) is 0 Å². The van der Waals surface area contributed by atoms with Crippen LogP contribution in [0.2, 0.25) is 0 Å². The second-order valence-corrected chi connectivity index (χ2v) is 4.75. The molecule has 0 aliphatic carbocycles. The predicted octanol–water partition coefficient (Wildman–Crippen LogP) is 1.80. The Morgan fingerprint density at radius 3 is 2.79 bits per heavy atom. The van der Waals surface area contributed by atoms with E-state index in [9.17, 15) is 4.79 Å². The summed E-state index contributed by atoms with van der Waals surface area (Å²) in [7, 11) is 0. The lowest BCUT2D eigenvalue weighted by Crippen LogP contribution is -2.35. The molecule has 0 saturated carbocycles. The van der Waals surface area contributed by atoms with Crippen LogP contribution in [0.15, 0.2) is 0 Å². The monoisotopic (exact) mass is 273 g/mol. The van der Waals surface area contributed by atoms with Crippen molar-refractivity contribution in [2.45, 2.75) is 45.8 Å². The zero-order valence-corrected chi connectivity index (χ0v) is 12.2. The molecule has 0 bridgehead atoms. The molecule has 1 atom stereocenters. The largest absolute Gasteiger partial charge is 0.465 e. The lowest BCUT2D eigenvalue weighted by atomic mass is 10.2. The van der Waals surface area contributed by atoms with E-state index in [4.69, 9.17) is 14.2 Å². The maximum Gasteiger partial charge on any atom is 0.320 e. The molecule has 0 aromatic carbocycles. The molecule has 0 aromatic rings. The highest BCUT2D eigenvalue weighted by Gasteiger charge is 2.15. The second kappa shape index (κ2) is 10.2. The number of nitrogens with zero attached hydrogens (tertiary/aromatic N) is 1. The molecule has 5 heteroatoms. The lowest BCUT2D eigenvalue weighted by molar-refractivity contribution is -0.165. The summed E-state index contributed by atoms with van der Waals surface area (Å²) in [6, 6.07) is 0. The summed E-state index contributed by atoms with van der Waals surface area (Å²) in [4.78, 5) is 13.5. The molecule has 0 radical (unpaired) electrons. The van der Waals surface area contributed by atoms with Gasteiger partial charge in [-0.05, 0) is 39.2 Å². The van der Waals surface area contributed by atoms with Crippen molar-refractivity contribution in [1.82, 2.24) is 4.90 Å². The van der Waals surface area contributed by atoms with E-state index in [0.29, 0.717) is 19.8 Å². The van der Waals surface area contributed by atoms with Gasteiger partial charge in [-0.25, -0.2) is 0 Å². The average Bonchev–Trinajstić information content (AvgIpc) is 2.40. The van der Waals surface area contributed by atoms with Crippen LogP contribution in [-0.4, -0.2) is 56.6 Å². The maximum absolute atomic E-state index is 11.5. The SMILES string of the molecule is CCCN(CCOC1CCCCO1)CC(=O)OCC. The Balaban J connectivity index is 2.18. The molecular formula is C14H27NO4. The Morgan fingerprint density at radius 2 is 2.16 bits per heavy atom. The third-order valence-corrected chi connectivity index (χ3v) is 3.05. The minimum Gasteiger partial charge on any atom is -0.465 e. The first-order valence-electron chi connectivity index (χ1n) is 7.37. The topological polar surface area (TPSA) is 48.0 Å². The summed E-state index contributed by atoms with van der Waals surface area (Å²) in [5.74, 6) is -0.162. The number of hydrogen-bond donors (Lipinski definition) is 0. The van der Waals surface area contributed by atoms with Gasteiger partial charge in [-0.3, -0.25) is 9.69 Å². The van der Waals surface area contributed by atoms with Crippen LogP contribution in [0.3, 0.4) is 0 Å². The molecule has 19 heavy (non-hydrogen) atoms. The Morgan fingerprint density at radius 1 is 1.32 bits per heavy atom. The standard InChI is InChI=1S/C14H27NO4/c1-3-8-15(12-13(16)17-4-2)9-11-19-14-7-5-6-10-18-14/h14H,3-12H2,1-2H3. The first-order chi connectivity index (χ1) is 9.26. The minimum absolute atomic E-state index is 0.0557. The highest BCUT2D eigenvalue weighted by atomic mass is 16.7. The molecule has 0 spiro atoms. The van der Waals surface area contributed by atoms with E-state index in [-0.39, 0.29) is 12.3 Å². The predicted molar refractivity (Wildman–Crippen MR) is 72.9 cm³/mol. The van der Waals surface area contributed by atoms with Crippen molar-refractivity contribution in [2.24, 2.45) is 0 Å². The molecule has 1 unspecified atom stereocenters. The number of carbonyl (C=O) groups excluding carboxylic acids is 1. The van der Waals surface area contributed by atoms with Crippen molar-refractivity contribution in [3.63, 3.8) is 0 Å². The van der Waals surface area contributed by atoms with Crippen molar-refractivity contribution in [1.29, 1.82) is 0 Å². The number of ether oxygens (including phenoxy) is 3. The molecule has 1 fully saturated rings. The number of rotatable bonds is 9. The van der Waals surface area contributed by atoms with Gasteiger partial charge in [0.2, 0.25) is 0 Å². The smallest absolute Gasteiger partial charge is 0.320 e. The quantitative estimate of drug-likeness (QED) is 0.600. The summed E-state index contributed by atoms with van der Waals surface area (Å²) in [6.07, 6.45) is 4.24. The fourth-order valence-corrected chi connectivity index (χ4v) is 2.13. The number of esters is 1. The van der Waals surface area contributed by atoms with Crippen LogP contribution in [0.1, 0.15) is 39.5 Å². The second-order valence-electron chi connectivity index (χ2n) is 4.75. The highest BCUT2D eigenvalue weighted by molar-refractivity contribution is 5.71. The van der Waals surface area contributed by atoms with Gasteiger partial charge in [-0.15, -0.1) is 0 Å². The van der Waals surface area contributed by atoms with E-state index in [0.717, 1.165) is 39.0 Å². The molecule has 1 saturated heterocycles. The van der Waals surface area contributed by atoms with Crippen molar-refractivity contribution < 1.29 is 19.0 Å². The normalized spacial score (nSPS) is 19.6. The Bertz CT molecular complexity index is 242. The summed E-state index contributed by atoms with van der Waals surface area (Å²) >= 11 is 0. The van der Waals surface area contributed by atoms with Crippen LogP contribution in [0, 0.1) is 0 Å². The molecular weight excluding hydrogens is 246 g/mol.